The molecule has 0 aromatic heterocycles. The minimum Gasteiger partial charge on any atom is -0.329 e. The van der Waals surface area contributed by atoms with Gasteiger partial charge in [-0.25, -0.2) is 4.79 Å². The molecule has 0 N–H and O–H groups in total. The molecule has 0 atom stereocenters. The lowest BCUT2D eigenvalue weighted by Crippen LogP contribution is -2.53. The first-order valence-corrected chi connectivity index (χ1v) is 6.55. The Balaban J connectivity index is 1.85. The fourth-order valence-electron chi connectivity index (χ4n) is 2.55. The first-order chi connectivity index (χ1) is 10.3. The lowest BCUT2D eigenvalue weighted by molar-refractivity contribution is -0.264. The minimum atomic E-state index is -4.78. The molecule has 2 aliphatic rings. The highest BCUT2D eigenvalue weighted by Crippen LogP contribution is 2.54. The number of alkyl halides is 3. The Bertz CT molecular complexity index is 644. The summed E-state index contributed by atoms with van der Waals surface area (Å²) in [6, 6.07) is 5.68. The van der Waals surface area contributed by atoms with Gasteiger partial charge in [0.05, 0.1) is 11.1 Å². The number of halogens is 3. The molecule has 0 saturated heterocycles. The van der Waals surface area contributed by atoms with Gasteiger partial charge < -0.3 is 4.84 Å². The summed E-state index contributed by atoms with van der Waals surface area (Å²) in [5.41, 5.74) is -2.63. The molecule has 1 fully saturated rings. The van der Waals surface area contributed by atoms with Crippen LogP contribution in [0, 0.1) is 5.41 Å². The second kappa shape index (κ2) is 4.56. The predicted octanol–water partition coefficient (Wildman–Crippen LogP) is 2.47. The van der Waals surface area contributed by atoms with Gasteiger partial charge in [0, 0.05) is 0 Å². The van der Waals surface area contributed by atoms with Gasteiger partial charge in [-0.15, -0.1) is 0 Å². The highest BCUT2D eigenvalue weighted by molar-refractivity contribution is 6.20. The van der Waals surface area contributed by atoms with Crippen molar-refractivity contribution in [2.75, 3.05) is 0 Å². The Labute approximate surface area is 122 Å². The Morgan fingerprint density at radius 2 is 1.59 bits per heavy atom. The fourth-order valence-corrected chi connectivity index (χ4v) is 2.55. The quantitative estimate of drug-likeness (QED) is 0.787. The summed E-state index contributed by atoms with van der Waals surface area (Å²) >= 11 is 0. The van der Waals surface area contributed by atoms with Gasteiger partial charge in [0.1, 0.15) is 0 Å². The molecule has 1 aliphatic carbocycles. The van der Waals surface area contributed by atoms with Gasteiger partial charge in [-0.1, -0.05) is 23.6 Å². The molecule has 8 heteroatoms. The Morgan fingerprint density at radius 1 is 1.09 bits per heavy atom. The lowest BCUT2D eigenvalue weighted by Gasteiger charge is -2.40. The number of hydroxylamine groups is 2. The number of benzene rings is 1. The van der Waals surface area contributed by atoms with Crippen LogP contribution >= 0.6 is 0 Å². The fraction of sp³-hybridized carbons (Fsp3) is 0.357. The molecule has 1 saturated carbocycles. The van der Waals surface area contributed by atoms with E-state index >= 15 is 0 Å². The monoisotopic (exact) mass is 313 g/mol. The van der Waals surface area contributed by atoms with Crippen LogP contribution in [0.15, 0.2) is 24.3 Å². The van der Waals surface area contributed by atoms with E-state index < -0.39 is 42.2 Å². The standard InChI is InChI=1S/C14H10F3NO4/c15-14(16,17)13(6-3-7-13)12(21)22-18-10(19)8-4-1-2-5-9(8)11(18)20/h1-2,4-5H,3,6-7H2. The maximum absolute atomic E-state index is 13.0. The topological polar surface area (TPSA) is 63.7 Å². The van der Waals surface area contributed by atoms with Gasteiger partial charge in [0.15, 0.2) is 5.41 Å². The highest BCUT2D eigenvalue weighted by atomic mass is 19.4. The van der Waals surface area contributed by atoms with Crippen molar-refractivity contribution in [3.05, 3.63) is 35.4 Å². The van der Waals surface area contributed by atoms with Crippen molar-refractivity contribution in [2.45, 2.75) is 25.4 Å². The highest BCUT2D eigenvalue weighted by Gasteiger charge is 2.65. The molecule has 22 heavy (non-hydrogen) atoms. The molecule has 116 valence electrons. The van der Waals surface area contributed by atoms with Gasteiger partial charge in [0.2, 0.25) is 0 Å². The number of amides is 2. The van der Waals surface area contributed by atoms with Crippen LogP contribution in [0.3, 0.4) is 0 Å². The third-order valence-electron chi connectivity index (χ3n) is 4.07. The summed E-state index contributed by atoms with van der Waals surface area (Å²) in [5, 5.41) is 0.110. The SMILES string of the molecule is O=C1c2ccccc2C(=O)N1OC(=O)C1(C(F)(F)F)CCC1. The summed E-state index contributed by atoms with van der Waals surface area (Å²) in [7, 11) is 0. The molecule has 0 radical (unpaired) electrons. The van der Waals surface area contributed by atoms with Crippen LogP contribution < -0.4 is 0 Å². The van der Waals surface area contributed by atoms with Crippen molar-refractivity contribution < 1.29 is 32.4 Å². The van der Waals surface area contributed by atoms with Crippen LogP contribution in [0.4, 0.5) is 13.2 Å². The van der Waals surface area contributed by atoms with E-state index in [9.17, 15) is 27.6 Å². The minimum absolute atomic E-state index is 0.00466. The van der Waals surface area contributed by atoms with Crippen LogP contribution in [-0.2, 0) is 9.63 Å². The molecule has 5 nitrogen and oxygen atoms in total. The molecule has 0 spiro atoms. The zero-order chi connectivity index (χ0) is 16.1. The number of imide groups is 1. The summed E-state index contributed by atoms with van der Waals surface area (Å²) in [5.74, 6) is -3.49. The Morgan fingerprint density at radius 3 is 1.95 bits per heavy atom. The number of rotatable bonds is 2. The van der Waals surface area contributed by atoms with Crippen molar-refractivity contribution in [3.8, 4) is 0 Å². The summed E-state index contributed by atoms with van der Waals surface area (Å²) in [4.78, 5) is 40.4. The first-order valence-electron chi connectivity index (χ1n) is 6.55. The third kappa shape index (κ3) is 1.83. The maximum Gasteiger partial charge on any atom is 0.405 e. The molecule has 2 amide bonds. The van der Waals surface area contributed by atoms with E-state index in [1.807, 2.05) is 0 Å². The van der Waals surface area contributed by atoms with Crippen molar-refractivity contribution in [3.63, 3.8) is 0 Å². The van der Waals surface area contributed by atoms with E-state index in [0.717, 1.165) is 0 Å². The molecular formula is C14H10F3NO4. The second-order valence-corrected chi connectivity index (χ2v) is 5.26. The van der Waals surface area contributed by atoms with E-state index in [4.69, 9.17) is 0 Å². The number of nitrogens with zero attached hydrogens (tertiary/aromatic N) is 1. The summed E-state index contributed by atoms with van der Waals surface area (Å²) in [6.45, 7) is 0. The van der Waals surface area contributed by atoms with Gasteiger partial charge in [-0.05, 0) is 25.0 Å². The normalized spacial score (nSPS) is 19.7. The molecule has 1 heterocycles. The van der Waals surface area contributed by atoms with E-state index in [1.165, 1.54) is 24.3 Å². The van der Waals surface area contributed by atoms with E-state index in [-0.39, 0.29) is 22.6 Å². The van der Waals surface area contributed by atoms with E-state index in [0.29, 0.717) is 0 Å². The van der Waals surface area contributed by atoms with Gasteiger partial charge >= 0.3 is 12.1 Å². The van der Waals surface area contributed by atoms with E-state index in [2.05, 4.69) is 4.84 Å². The first kappa shape index (κ1) is 14.6. The zero-order valence-electron chi connectivity index (χ0n) is 11.1. The second-order valence-electron chi connectivity index (χ2n) is 5.26. The molecule has 1 aromatic carbocycles. The summed E-state index contributed by atoms with van der Waals surface area (Å²) in [6.07, 6.45) is -5.35. The van der Waals surface area contributed by atoms with Gasteiger partial charge in [0.25, 0.3) is 11.8 Å². The van der Waals surface area contributed by atoms with Gasteiger partial charge in [-0.3, -0.25) is 9.59 Å². The number of carbonyl (C=O) groups is 3. The number of carbonyl (C=O) groups excluding carboxylic acids is 3. The van der Waals surface area contributed by atoms with Gasteiger partial charge in [-0.2, -0.15) is 13.2 Å². The molecule has 0 unspecified atom stereocenters. The Kier molecular flexibility index (Phi) is 3.01. The third-order valence-corrected chi connectivity index (χ3v) is 4.07. The van der Waals surface area contributed by atoms with Crippen LogP contribution in [0.1, 0.15) is 40.0 Å². The lowest BCUT2D eigenvalue weighted by atomic mass is 9.68. The average Bonchev–Trinajstić information content (AvgIpc) is 2.61. The molecular weight excluding hydrogens is 303 g/mol. The van der Waals surface area contributed by atoms with Crippen molar-refractivity contribution in [2.24, 2.45) is 5.41 Å². The van der Waals surface area contributed by atoms with Crippen molar-refractivity contribution >= 4 is 17.8 Å². The molecule has 1 aliphatic heterocycles. The zero-order valence-corrected chi connectivity index (χ0v) is 11.1. The Hall–Kier alpha value is -2.38. The van der Waals surface area contributed by atoms with E-state index in [1.54, 1.807) is 0 Å². The molecule has 0 bridgehead atoms. The largest absolute Gasteiger partial charge is 0.405 e. The molecule has 1 aromatic rings. The number of fused-ring (bicyclic) bond motifs is 1. The predicted molar refractivity (Wildman–Crippen MR) is 65.4 cm³/mol. The van der Waals surface area contributed by atoms with Crippen LogP contribution in [0.2, 0.25) is 0 Å². The van der Waals surface area contributed by atoms with Crippen LogP contribution in [0.5, 0.6) is 0 Å². The van der Waals surface area contributed by atoms with Crippen molar-refractivity contribution in [1.29, 1.82) is 0 Å². The number of hydrogen-bond acceptors (Lipinski definition) is 4. The summed E-state index contributed by atoms with van der Waals surface area (Å²) < 4.78 is 39.1. The number of hydrogen-bond donors (Lipinski definition) is 0. The molecule has 3 rings (SSSR count). The van der Waals surface area contributed by atoms with Crippen LogP contribution in [0.25, 0.3) is 0 Å². The van der Waals surface area contributed by atoms with Crippen molar-refractivity contribution in [1.82, 2.24) is 5.06 Å². The van der Waals surface area contributed by atoms with Crippen LogP contribution in [-0.4, -0.2) is 29.0 Å². The maximum atomic E-state index is 13.0. The smallest absolute Gasteiger partial charge is 0.329 e. The average molecular weight is 313 g/mol.